The molecule has 7 nitrogen and oxygen atoms in total. The van der Waals surface area contributed by atoms with Gasteiger partial charge in [0.05, 0.1) is 33.7 Å². The van der Waals surface area contributed by atoms with Gasteiger partial charge in [-0.15, -0.1) is 0 Å². The van der Waals surface area contributed by atoms with Crippen LogP contribution >= 0.6 is 11.6 Å². The van der Waals surface area contributed by atoms with Crippen molar-refractivity contribution in [3.63, 3.8) is 0 Å². The van der Waals surface area contributed by atoms with Crippen molar-refractivity contribution in [3.8, 4) is 11.4 Å². The molecule has 0 bridgehead atoms. The number of halogens is 2. The van der Waals surface area contributed by atoms with Crippen LogP contribution in [0.5, 0.6) is 5.75 Å². The van der Waals surface area contributed by atoms with Gasteiger partial charge in [0, 0.05) is 0 Å². The van der Waals surface area contributed by atoms with E-state index in [1.165, 1.54) is 23.8 Å². The highest BCUT2D eigenvalue weighted by Crippen LogP contribution is 2.38. The van der Waals surface area contributed by atoms with E-state index < -0.39 is 15.7 Å². The van der Waals surface area contributed by atoms with Crippen LogP contribution in [0.15, 0.2) is 76.5 Å². The smallest absolute Gasteiger partial charge is 0.212 e. The van der Waals surface area contributed by atoms with Crippen LogP contribution in [-0.2, 0) is 9.84 Å². The number of methoxy groups -OCH3 is 1. The van der Waals surface area contributed by atoms with E-state index >= 15 is 0 Å². The molecule has 0 unspecified atom stereocenters. The minimum absolute atomic E-state index is 0.0918. The van der Waals surface area contributed by atoms with Gasteiger partial charge in [0.2, 0.25) is 9.84 Å². The fraction of sp³-hybridized carbons (Fsp3) is 0.0435. The number of rotatable bonds is 4. The summed E-state index contributed by atoms with van der Waals surface area (Å²) in [6.45, 7) is 0. The van der Waals surface area contributed by atoms with E-state index in [1.54, 1.807) is 42.5 Å². The summed E-state index contributed by atoms with van der Waals surface area (Å²) in [7, 11) is -2.67. The first kappa shape index (κ1) is 21.2. The van der Waals surface area contributed by atoms with Crippen LogP contribution in [0.25, 0.3) is 27.9 Å². The molecule has 33 heavy (non-hydrogen) atoms. The molecular weight excluding hydrogens is 467 g/mol. The number of ether oxygens (including phenoxy) is 1. The summed E-state index contributed by atoms with van der Waals surface area (Å²) < 4.78 is 47.3. The summed E-state index contributed by atoms with van der Waals surface area (Å²) in [5.41, 5.74) is 8.33. The summed E-state index contributed by atoms with van der Waals surface area (Å²) in [5, 5.41) is 0.313. The molecular formula is C23H16ClFN4O3S. The van der Waals surface area contributed by atoms with Gasteiger partial charge in [0.15, 0.2) is 5.65 Å². The lowest BCUT2D eigenvalue weighted by atomic mass is 10.3. The molecule has 5 aromatic rings. The largest absolute Gasteiger partial charge is 0.495 e. The molecule has 0 atom stereocenters. The zero-order valence-corrected chi connectivity index (χ0v) is 18.7. The Hall–Kier alpha value is -3.69. The highest BCUT2D eigenvalue weighted by molar-refractivity contribution is 7.92. The Bertz CT molecular complexity index is 1650. The fourth-order valence-corrected chi connectivity index (χ4v) is 5.43. The summed E-state index contributed by atoms with van der Waals surface area (Å²) in [4.78, 5) is 8.90. The first-order valence-corrected chi connectivity index (χ1v) is 11.6. The van der Waals surface area contributed by atoms with Crippen LogP contribution in [0, 0.1) is 5.82 Å². The summed E-state index contributed by atoms with van der Waals surface area (Å²) in [6, 6.07) is 16.5. The van der Waals surface area contributed by atoms with Crippen molar-refractivity contribution < 1.29 is 17.5 Å². The first-order valence-electron chi connectivity index (χ1n) is 9.72. The molecule has 0 aliphatic heterocycles. The fourth-order valence-electron chi connectivity index (χ4n) is 3.69. The molecule has 0 spiro atoms. The number of nitrogens with two attached hydrogens (primary N) is 1. The van der Waals surface area contributed by atoms with Crippen LogP contribution in [0.4, 0.5) is 10.2 Å². The number of nitrogen functional groups attached to an aromatic ring is 1. The average molecular weight is 483 g/mol. The molecule has 0 amide bonds. The maximum atomic E-state index is 13.6. The topological polar surface area (TPSA) is 100 Å². The molecule has 2 aromatic heterocycles. The third-order valence-electron chi connectivity index (χ3n) is 5.24. The zero-order valence-electron chi connectivity index (χ0n) is 17.2. The van der Waals surface area contributed by atoms with Crippen LogP contribution in [0.1, 0.15) is 0 Å². The first-order chi connectivity index (χ1) is 15.8. The quantitative estimate of drug-likeness (QED) is 0.370. The SMILES string of the molecule is COc1ccc(-n2c(N)c(S(=O)(=O)c3ccc(F)cc3)c3nc4ccccc4nc32)cc1Cl. The molecule has 0 aliphatic rings. The second kappa shape index (κ2) is 7.72. The molecule has 2 heterocycles. The molecule has 0 saturated carbocycles. The monoisotopic (exact) mass is 482 g/mol. The van der Waals surface area contributed by atoms with Gasteiger partial charge in [-0.1, -0.05) is 23.7 Å². The van der Waals surface area contributed by atoms with Crippen molar-refractivity contribution >= 4 is 49.5 Å². The highest BCUT2D eigenvalue weighted by atomic mass is 35.5. The maximum absolute atomic E-state index is 13.6. The van der Waals surface area contributed by atoms with E-state index in [0.29, 0.717) is 27.5 Å². The molecule has 3 aromatic carbocycles. The molecule has 0 fully saturated rings. The van der Waals surface area contributed by atoms with E-state index in [2.05, 4.69) is 9.97 Å². The Morgan fingerprint density at radius 2 is 1.67 bits per heavy atom. The van der Waals surface area contributed by atoms with E-state index in [4.69, 9.17) is 22.1 Å². The second-order valence-electron chi connectivity index (χ2n) is 7.21. The lowest BCUT2D eigenvalue weighted by Gasteiger charge is -2.10. The predicted octanol–water partition coefficient (Wildman–Crippen LogP) is 4.79. The van der Waals surface area contributed by atoms with Gasteiger partial charge in [0.1, 0.15) is 27.8 Å². The zero-order chi connectivity index (χ0) is 23.3. The van der Waals surface area contributed by atoms with Crippen molar-refractivity contribution in [1.82, 2.24) is 14.5 Å². The third-order valence-corrected chi connectivity index (χ3v) is 7.37. The van der Waals surface area contributed by atoms with E-state index in [0.717, 1.165) is 12.1 Å². The number of hydrogen-bond donors (Lipinski definition) is 1. The van der Waals surface area contributed by atoms with Crippen molar-refractivity contribution in [3.05, 3.63) is 77.6 Å². The van der Waals surface area contributed by atoms with Crippen molar-refractivity contribution in [2.24, 2.45) is 0 Å². The molecule has 2 N–H and O–H groups in total. The minimum atomic E-state index is -4.16. The van der Waals surface area contributed by atoms with Gasteiger partial charge in [-0.05, 0) is 54.6 Å². The Morgan fingerprint density at radius 3 is 2.30 bits per heavy atom. The summed E-state index contributed by atoms with van der Waals surface area (Å²) >= 11 is 6.32. The molecule has 5 rings (SSSR count). The van der Waals surface area contributed by atoms with Crippen LogP contribution < -0.4 is 10.5 Å². The van der Waals surface area contributed by atoms with Gasteiger partial charge >= 0.3 is 0 Å². The van der Waals surface area contributed by atoms with Gasteiger partial charge in [-0.2, -0.15) is 0 Å². The normalized spacial score (nSPS) is 11.8. The van der Waals surface area contributed by atoms with Crippen LogP contribution in [-0.4, -0.2) is 30.1 Å². The molecule has 0 radical (unpaired) electrons. The number of para-hydroxylation sites is 2. The number of aromatic nitrogens is 3. The van der Waals surface area contributed by atoms with Crippen molar-refractivity contribution in [2.45, 2.75) is 9.79 Å². The lowest BCUT2D eigenvalue weighted by molar-refractivity contribution is 0.415. The molecule has 166 valence electrons. The number of benzene rings is 3. The number of sulfone groups is 1. The van der Waals surface area contributed by atoms with E-state index in [-0.39, 0.29) is 26.8 Å². The Kier molecular flexibility index (Phi) is 4.95. The van der Waals surface area contributed by atoms with Crippen molar-refractivity contribution in [2.75, 3.05) is 12.8 Å². The standard InChI is InChI=1S/C23H16ClFN4O3S/c1-32-19-11-8-14(12-16(19)24)29-22(26)21(33(30,31)15-9-6-13(25)7-10-15)20-23(29)28-18-5-3-2-4-17(18)27-20/h2-12H,26H2,1H3. The summed E-state index contributed by atoms with van der Waals surface area (Å²) in [6.07, 6.45) is 0. The Balaban J connectivity index is 1.88. The third kappa shape index (κ3) is 3.37. The van der Waals surface area contributed by atoms with E-state index in [9.17, 15) is 12.8 Å². The predicted molar refractivity (Wildman–Crippen MR) is 124 cm³/mol. The van der Waals surface area contributed by atoms with E-state index in [1.807, 2.05) is 0 Å². The minimum Gasteiger partial charge on any atom is -0.495 e. The van der Waals surface area contributed by atoms with Crippen LogP contribution in [0.3, 0.4) is 0 Å². The molecule has 0 saturated heterocycles. The number of nitrogens with zero attached hydrogens (tertiary/aromatic N) is 3. The van der Waals surface area contributed by atoms with Crippen LogP contribution in [0.2, 0.25) is 5.02 Å². The molecule has 10 heteroatoms. The number of fused-ring (bicyclic) bond motifs is 2. The maximum Gasteiger partial charge on any atom is 0.212 e. The van der Waals surface area contributed by atoms with Crippen molar-refractivity contribution in [1.29, 1.82) is 0 Å². The lowest BCUT2D eigenvalue weighted by Crippen LogP contribution is -2.07. The highest BCUT2D eigenvalue weighted by Gasteiger charge is 2.31. The average Bonchev–Trinajstić information content (AvgIpc) is 3.09. The molecule has 0 aliphatic carbocycles. The van der Waals surface area contributed by atoms with Gasteiger partial charge < -0.3 is 10.5 Å². The van der Waals surface area contributed by atoms with Gasteiger partial charge in [0.25, 0.3) is 0 Å². The Labute approximate surface area is 193 Å². The second-order valence-corrected chi connectivity index (χ2v) is 9.50. The van der Waals surface area contributed by atoms with Gasteiger partial charge in [-0.25, -0.2) is 22.8 Å². The van der Waals surface area contributed by atoms with Gasteiger partial charge in [-0.3, -0.25) is 4.57 Å². The Morgan fingerprint density at radius 1 is 1.00 bits per heavy atom. The number of hydrogen-bond acceptors (Lipinski definition) is 6. The summed E-state index contributed by atoms with van der Waals surface area (Å²) in [5.74, 6) is -0.194. The number of anilines is 1.